The van der Waals surface area contributed by atoms with Crippen molar-refractivity contribution in [3.05, 3.63) is 82.4 Å². The molecular weight excluding hydrogens is 527 g/mol. The van der Waals surface area contributed by atoms with Gasteiger partial charge in [-0.3, -0.25) is 4.79 Å². The summed E-state index contributed by atoms with van der Waals surface area (Å²) in [6, 6.07) is 14.7. The van der Waals surface area contributed by atoms with Gasteiger partial charge in [0.15, 0.2) is 0 Å². The van der Waals surface area contributed by atoms with E-state index in [9.17, 15) is 13.2 Å². The molecular formula is C29H36Cl2N2O3S. The van der Waals surface area contributed by atoms with Crippen LogP contribution in [0.4, 0.5) is 0 Å². The number of hydrogen-bond acceptors (Lipinski definition) is 3. The summed E-state index contributed by atoms with van der Waals surface area (Å²) in [7, 11) is -3.79. The largest absolute Gasteiger partial charge is 0.331 e. The lowest BCUT2D eigenvalue weighted by Gasteiger charge is -2.53. The summed E-state index contributed by atoms with van der Waals surface area (Å²) in [5, 5.41) is 7.00. The molecule has 37 heavy (non-hydrogen) atoms. The third-order valence-electron chi connectivity index (χ3n) is 8.68. The fourth-order valence-corrected chi connectivity index (χ4v) is 8.19. The molecule has 2 N–H and O–H groups in total. The smallest absolute Gasteiger partial charge is 0.229 e. The van der Waals surface area contributed by atoms with Gasteiger partial charge in [-0.1, -0.05) is 74.3 Å². The zero-order chi connectivity index (χ0) is 27.2. The maximum Gasteiger partial charge on any atom is 0.229 e. The predicted octanol–water partition coefficient (Wildman–Crippen LogP) is 6.87. The molecule has 2 aromatic rings. The van der Waals surface area contributed by atoms with E-state index in [1.807, 2.05) is 68.1 Å². The van der Waals surface area contributed by atoms with Crippen molar-refractivity contribution in [3.63, 3.8) is 0 Å². The molecule has 1 amide bonds. The SMILES string of the molecule is C=CC[C@@]1(C)C[C@H](c2cccc(Cl)c2)[C@@H](c2ccc(Cl)cc2)N(C(CC)[C@H](C)C2(S(N)(=O)=O)CC2)C1=O. The number of rotatable bonds is 9. The van der Waals surface area contributed by atoms with Crippen LogP contribution in [0.15, 0.2) is 61.2 Å². The molecule has 1 heterocycles. The molecule has 0 spiro atoms. The minimum Gasteiger partial charge on any atom is -0.331 e. The van der Waals surface area contributed by atoms with Gasteiger partial charge < -0.3 is 4.90 Å². The Balaban J connectivity index is 1.93. The highest BCUT2D eigenvalue weighted by Crippen LogP contribution is 2.56. The molecule has 2 aromatic carbocycles. The fraction of sp³-hybridized carbons (Fsp3) is 0.483. The molecule has 1 aliphatic carbocycles. The van der Waals surface area contributed by atoms with Crippen LogP contribution in [0.2, 0.25) is 10.0 Å². The van der Waals surface area contributed by atoms with Crippen molar-refractivity contribution in [2.75, 3.05) is 0 Å². The van der Waals surface area contributed by atoms with Gasteiger partial charge in [-0.2, -0.15) is 0 Å². The van der Waals surface area contributed by atoms with Crippen molar-refractivity contribution < 1.29 is 13.2 Å². The van der Waals surface area contributed by atoms with Crippen molar-refractivity contribution in [1.82, 2.24) is 4.90 Å². The van der Waals surface area contributed by atoms with E-state index in [-0.39, 0.29) is 29.8 Å². The normalized spacial score (nSPS) is 27.0. The molecule has 5 atom stereocenters. The van der Waals surface area contributed by atoms with Gasteiger partial charge in [0.25, 0.3) is 0 Å². The first-order valence-electron chi connectivity index (χ1n) is 12.9. The van der Waals surface area contributed by atoms with E-state index in [1.165, 1.54) is 0 Å². The number of carbonyl (C=O) groups is 1. The molecule has 4 rings (SSSR count). The van der Waals surface area contributed by atoms with Gasteiger partial charge in [0.2, 0.25) is 15.9 Å². The average Bonchev–Trinajstić information content (AvgIpc) is 3.65. The number of likely N-dealkylation sites (tertiary alicyclic amines) is 1. The zero-order valence-electron chi connectivity index (χ0n) is 21.7. The lowest BCUT2D eigenvalue weighted by Crippen LogP contribution is -2.59. The Morgan fingerprint density at radius 3 is 2.30 bits per heavy atom. The van der Waals surface area contributed by atoms with Crippen LogP contribution < -0.4 is 5.14 Å². The predicted molar refractivity (Wildman–Crippen MR) is 151 cm³/mol. The van der Waals surface area contributed by atoms with Crippen LogP contribution in [0.5, 0.6) is 0 Å². The van der Waals surface area contributed by atoms with Crippen molar-refractivity contribution >= 4 is 39.1 Å². The Morgan fingerprint density at radius 1 is 1.14 bits per heavy atom. The van der Waals surface area contributed by atoms with E-state index in [0.717, 1.165) is 11.1 Å². The molecule has 5 nitrogen and oxygen atoms in total. The molecule has 2 fully saturated rings. The van der Waals surface area contributed by atoms with Crippen molar-refractivity contribution in [2.45, 2.75) is 75.6 Å². The second kappa shape index (κ2) is 10.4. The molecule has 1 aliphatic heterocycles. The van der Waals surface area contributed by atoms with Crippen molar-refractivity contribution in [2.24, 2.45) is 16.5 Å². The molecule has 0 bridgehead atoms. The van der Waals surface area contributed by atoms with Gasteiger partial charge in [0.05, 0.1) is 16.2 Å². The number of hydrogen-bond donors (Lipinski definition) is 1. The summed E-state index contributed by atoms with van der Waals surface area (Å²) < 4.78 is 24.4. The summed E-state index contributed by atoms with van der Waals surface area (Å²) in [6.07, 6.45) is 4.54. The van der Waals surface area contributed by atoms with Gasteiger partial charge in [-0.05, 0) is 73.4 Å². The highest BCUT2D eigenvalue weighted by atomic mass is 35.5. The summed E-state index contributed by atoms with van der Waals surface area (Å²) in [4.78, 5) is 16.4. The monoisotopic (exact) mass is 562 g/mol. The standard InChI is InChI=1S/C29H36Cl2N2O3S/c1-5-14-28(4)18-24(21-8-7-9-23(31)17-21)26(20-10-12-22(30)13-11-20)33(27(28)34)25(6-2)19(3)29(15-16-29)37(32,35)36/h5,7-13,17,19,24-26H,1,6,14-16,18H2,2-4H3,(H2,32,35,36)/t19-,24+,25?,26+,28-/m0/s1. The van der Waals surface area contributed by atoms with E-state index < -0.39 is 20.2 Å². The van der Waals surface area contributed by atoms with Crippen LogP contribution in [0.25, 0.3) is 0 Å². The molecule has 1 unspecified atom stereocenters. The van der Waals surface area contributed by atoms with Crippen LogP contribution in [-0.4, -0.2) is 30.0 Å². The third kappa shape index (κ3) is 5.10. The summed E-state index contributed by atoms with van der Waals surface area (Å²) in [5.41, 5.74) is 1.29. The minimum absolute atomic E-state index is 0.00884. The second-order valence-electron chi connectivity index (χ2n) is 11.0. The summed E-state index contributed by atoms with van der Waals surface area (Å²) >= 11 is 12.7. The van der Waals surface area contributed by atoms with Crippen LogP contribution >= 0.6 is 23.2 Å². The average molecular weight is 564 g/mol. The highest BCUT2D eigenvalue weighted by molar-refractivity contribution is 7.90. The Bertz CT molecular complexity index is 1280. The molecule has 0 radical (unpaired) electrons. The molecule has 2 aliphatic rings. The number of carbonyl (C=O) groups excluding carboxylic acids is 1. The lowest BCUT2D eigenvalue weighted by molar-refractivity contribution is -0.156. The molecule has 8 heteroatoms. The number of piperidine rings is 1. The number of halogens is 2. The van der Waals surface area contributed by atoms with Gasteiger partial charge in [-0.15, -0.1) is 6.58 Å². The highest BCUT2D eigenvalue weighted by Gasteiger charge is 2.61. The van der Waals surface area contributed by atoms with E-state index >= 15 is 0 Å². The lowest BCUT2D eigenvalue weighted by atomic mass is 9.66. The van der Waals surface area contributed by atoms with E-state index in [2.05, 4.69) is 12.6 Å². The topological polar surface area (TPSA) is 80.5 Å². The summed E-state index contributed by atoms with van der Waals surface area (Å²) in [6.45, 7) is 9.88. The number of amides is 1. The van der Waals surface area contributed by atoms with Crippen LogP contribution in [0.3, 0.4) is 0 Å². The van der Waals surface area contributed by atoms with Gasteiger partial charge in [0.1, 0.15) is 0 Å². The first-order chi connectivity index (χ1) is 17.4. The number of nitrogens with zero attached hydrogens (tertiary/aromatic N) is 1. The van der Waals surface area contributed by atoms with Crippen LogP contribution in [-0.2, 0) is 14.8 Å². The van der Waals surface area contributed by atoms with Gasteiger partial charge in [0, 0.05) is 22.0 Å². The van der Waals surface area contributed by atoms with Crippen molar-refractivity contribution in [3.8, 4) is 0 Å². The number of benzene rings is 2. The molecule has 0 aromatic heterocycles. The number of nitrogens with two attached hydrogens (primary N) is 1. The van der Waals surface area contributed by atoms with Gasteiger partial charge in [-0.25, -0.2) is 13.6 Å². The minimum atomic E-state index is -3.79. The Labute approximate surface area is 231 Å². The van der Waals surface area contributed by atoms with E-state index in [4.69, 9.17) is 28.3 Å². The zero-order valence-corrected chi connectivity index (χ0v) is 24.0. The molecule has 1 saturated carbocycles. The van der Waals surface area contributed by atoms with Crippen LogP contribution in [0, 0.1) is 11.3 Å². The molecule has 1 saturated heterocycles. The quantitative estimate of drug-likeness (QED) is 0.338. The maximum atomic E-state index is 14.5. The first-order valence-corrected chi connectivity index (χ1v) is 15.2. The summed E-state index contributed by atoms with van der Waals surface area (Å²) in [5.74, 6) is -0.402. The Morgan fingerprint density at radius 2 is 1.78 bits per heavy atom. The van der Waals surface area contributed by atoms with Crippen molar-refractivity contribution in [1.29, 1.82) is 0 Å². The second-order valence-corrected chi connectivity index (χ2v) is 13.8. The number of sulfonamides is 1. The van der Waals surface area contributed by atoms with E-state index in [0.29, 0.717) is 42.1 Å². The Hall–Kier alpha value is -1.86. The third-order valence-corrected chi connectivity index (χ3v) is 11.1. The van der Waals surface area contributed by atoms with Crippen LogP contribution in [0.1, 0.15) is 76.0 Å². The van der Waals surface area contributed by atoms with Gasteiger partial charge >= 0.3 is 0 Å². The number of primary sulfonamides is 1. The first kappa shape index (κ1) is 28.2. The van der Waals surface area contributed by atoms with E-state index in [1.54, 1.807) is 6.08 Å². The fourth-order valence-electron chi connectivity index (χ4n) is 6.52. The molecule has 200 valence electrons. The number of allylic oxidation sites excluding steroid dienone is 1. The Kier molecular flexibility index (Phi) is 7.89. The maximum absolute atomic E-state index is 14.5.